The van der Waals surface area contributed by atoms with Crippen LogP contribution in [0.25, 0.3) is 6.08 Å². The van der Waals surface area contributed by atoms with Crippen LogP contribution in [0.5, 0.6) is 0 Å². The molecule has 0 atom stereocenters. The SMILES string of the molecule is CCNCC(C)=Cc1cc(C)sc1C. The summed E-state index contributed by atoms with van der Waals surface area (Å²) in [6.07, 6.45) is 2.28. The third-order valence-electron chi connectivity index (χ3n) is 2.14. The van der Waals surface area contributed by atoms with Gasteiger partial charge in [-0.25, -0.2) is 0 Å². The van der Waals surface area contributed by atoms with E-state index >= 15 is 0 Å². The van der Waals surface area contributed by atoms with Crippen LogP contribution in [0.1, 0.15) is 29.2 Å². The van der Waals surface area contributed by atoms with Crippen molar-refractivity contribution in [2.45, 2.75) is 27.7 Å². The zero-order chi connectivity index (χ0) is 10.6. The first-order chi connectivity index (χ1) is 6.63. The lowest BCUT2D eigenvalue weighted by atomic mass is 10.1. The van der Waals surface area contributed by atoms with Gasteiger partial charge in [-0.3, -0.25) is 0 Å². The van der Waals surface area contributed by atoms with Gasteiger partial charge in [0.15, 0.2) is 0 Å². The summed E-state index contributed by atoms with van der Waals surface area (Å²) in [5.41, 5.74) is 2.77. The average Bonchev–Trinajstić information content (AvgIpc) is 2.42. The molecule has 0 fully saturated rings. The molecule has 1 nitrogen and oxygen atoms in total. The Morgan fingerprint density at radius 3 is 2.71 bits per heavy atom. The Labute approximate surface area is 90.9 Å². The molecule has 0 saturated carbocycles. The van der Waals surface area contributed by atoms with Crippen molar-refractivity contribution in [3.05, 3.63) is 27.0 Å². The lowest BCUT2D eigenvalue weighted by Crippen LogP contribution is -2.14. The fourth-order valence-electron chi connectivity index (χ4n) is 1.43. The van der Waals surface area contributed by atoms with E-state index in [0.717, 1.165) is 13.1 Å². The van der Waals surface area contributed by atoms with Crippen molar-refractivity contribution < 1.29 is 0 Å². The van der Waals surface area contributed by atoms with Crippen molar-refractivity contribution in [2.75, 3.05) is 13.1 Å². The number of hydrogen-bond donors (Lipinski definition) is 1. The highest BCUT2D eigenvalue weighted by atomic mass is 32.1. The molecule has 0 radical (unpaired) electrons. The highest BCUT2D eigenvalue weighted by Crippen LogP contribution is 2.22. The summed E-state index contributed by atoms with van der Waals surface area (Å²) in [4.78, 5) is 2.81. The first-order valence-electron chi connectivity index (χ1n) is 5.08. The van der Waals surface area contributed by atoms with E-state index in [2.05, 4.69) is 45.2 Å². The molecule has 1 heterocycles. The molecule has 0 aromatic carbocycles. The molecule has 0 aliphatic rings. The molecule has 1 rings (SSSR count). The number of nitrogens with one attached hydrogen (secondary N) is 1. The molecule has 0 bridgehead atoms. The predicted molar refractivity (Wildman–Crippen MR) is 66.0 cm³/mol. The van der Waals surface area contributed by atoms with E-state index in [4.69, 9.17) is 0 Å². The van der Waals surface area contributed by atoms with E-state index < -0.39 is 0 Å². The number of rotatable bonds is 4. The maximum absolute atomic E-state index is 3.33. The number of thiophene rings is 1. The van der Waals surface area contributed by atoms with Gasteiger partial charge in [0.1, 0.15) is 0 Å². The van der Waals surface area contributed by atoms with Crippen LogP contribution in [-0.2, 0) is 0 Å². The minimum absolute atomic E-state index is 0.991. The number of likely N-dealkylation sites (N-methyl/N-ethyl adjacent to an activating group) is 1. The van der Waals surface area contributed by atoms with Gasteiger partial charge in [0, 0.05) is 16.3 Å². The lowest BCUT2D eigenvalue weighted by molar-refractivity contribution is 0.778. The smallest absolute Gasteiger partial charge is 0.0165 e. The second-order valence-electron chi connectivity index (χ2n) is 3.64. The van der Waals surface area contributed by atoms with Crippen molar-refractivity contribution in [1.82, 2.24) is 5.32 Å². The molecule has 2 heteroatoms. The molecule has 1 aromatic rings. The van der Waals surface area contributed by atoms with Crippen molar-refractivity contribution in [3.8, 4) is 0 Å². The van der Waals surface area contributed by atoms with Crippen LogP contribution in [0.4, 0.5) is 0 Å². The molecule has 0 saturated heterocycles. The van der Waals surface area contributed by atoms with Gasteiger partial charge in [0.25, 0.3) is 0 Å². The zero-order valence-electron chi connectivity index (χ0n) is 9.48. The van der Waals surface area contributed by atoms with Crippen molar-refractivity contribution in [2.24, 2.45) is 0 Å². The summed E-state index contributed by atoms with van der Waals surface area (Å²) in [7, 11) is 0. The second kappa shape index (κ2) is 5.32. The average molecular weight is 209 g/mol. The fraction of sp³-hybridized carbons (Fsp3) is 0.500. The number of hydrogen-bond acceptors (Lipinski definition) is 2. The van der Waals surface area contributed by atoms with Gasteiger partial charge in [-0.15, -0.1) is 11.3 Å². The maximum atomic E-state index is 3.33. The Morgan fingerprint density at radius 1 is 1.50 bits per heavy atom. The Hall–Kier alpha value is -0.600. The zero-order valence-corrected chi connectivity index (χ0v) is 10.3. The first kappa shape index (κ1) is 11.5. The third-order valence-corrected chi connectivity index (χ3v) is 3.12. The van der Waals surface area contributed by atoms with Crippen LogP contribution in [0.15, 0.2) is 11.6 Å². The Bertz CT molecular complexity index is 323. The topological polar surface area (TPSA) is 12.0 Å². The highest BCUT2D eigenvalue weighted by Gasteiger charge is 1.99. The van der Waals surface area contributed by atoms with Crippen LogP contribution in [0.2, 0.25) is 0 Å². The largest absolute Gasteiger partial charge is 0.313 e. The molecule has 0 aliphatic heterocycles. The first-order valence-corrected chi connectivity index (χ1v) is 5.90. The maximum Gasteiger partial charge on any atom is 0.0165 e. The van der Waals surface area contributed by atoms with Gasteiger partial charge in [0.05, 0.1) is 0 Å². The van der Waals surface area contributed by atoms with E-state index in [1.165, 1.54) is 20.9 Å². The van der Waals surface area contributed by atoms with Gasteiger partial charge < -0.3 is 5.32 Å². The van der Waals surface area contributed by atoms with Crippen LogP contribution in [0.3, 0.4) is 0 Å². The van der Waals surface area contributed by atoms with E-state index in [9.17, 15) is 0 Å². The number of aryl methyl sites for hydroxylation is 2. The van der Waals surface area contributed by atoms with Crippen LogP contribution < -0.4 is 5.32 Å². The van der Waals surface area contributed by atoms with Crippen LogP contribution >= 0.6 is 11.3 Å². The molecule has 1 N–H and O–H groups in total. The summed E-state index contributed by atoms with van der Waals surface area (Å²) in [6, 6.07) is 2.26. The van der Waals surface area contributed by atoms with Gasteiger partial charge in [-0.1, -0.05) is 18.6 Å². The Morgan fingerprint density at radius 2 is 2.21 bits per heavy atom. The molecule has 1 aromatic heterocycles. The van der Waals surface area contributed by atoms with Gasteiger partial charge in [-0.05, 0) is 38.9 Å². The van der Waals surface area contributed by atoms with Crippen molar-refractivity contribution in [1.29, 1.82) is 0 Å². The molecule has 14 heavy (non-hydrogen) atoms. The highest BCUT2D eigenvalue weighted by molar-refractivity contribution is 7.12. The molecule has 78 valence electrons. The van der Waals surface area contributed by atoms with E-state index in [1.807, 2.05) is 11.3 Å². The molecule has 0 amide bonds. The van der Waals surface area contributed by atoms with E-state index in [-0.39, 0.29) is 0 Å². The summed E-state index contributed by atoms with van der Waals surface area (Å²) in [5, 5.41) is 3.33. The van der Waals surface area contributed by atoms with Crippen LogP contribution in [0, 0.1) is 13.8 Å². The van der Waals surface area contributed by atoms with Gasteiger partial charge in [0.2, 0.25) is 0 Å². The molecule has 0 aliphatic carbocycles. The predicted octanol–water partition coefficient (Wildman–Crippen LogP) is 3.38. The fourth-order valence-corrected chi connectivity index (χ4v) is 2.34. The molecule has 0 unspecified atom stereocenters. The van der Waals surface area contributed by atoms with E-state index in [1.54, 1.807) is 0 Å². The summed E-state index contributed by atoms with van der Waals surface area (Å²) < 4.78 is 0. The Kier molecular flexibility index (Phi) is 4.36. The van der Waals surface area contributed by atoms with Crippen molar-refractivity contribution >= 4 is 17.4 Å². The minimum atomic E-state index is 0.991. The summed E-state index contributed by atoms with van der Waals surface area (Å²) in [6.45, 7) is 10.7. The standard InChI is InChI=1S/C12H19NS/c1-5-13-8-9(2)6-12-7-10(3)14-11(12)4/h6-7,13H,5,8H2,1-4H3. The van der Waals surface area contributed by atoms with Crippen molar-refractivity contribution in [3.63, 3.8) is 0 Å². The van der Waals surface area contributed by atoms with Gasteiger partial charge in [-0.2, -0.15) is 0 Å². The third kappa shape index (κ3) is 3.28. The molecular formula is C12H19NS. The van der Waals surface area contributed by atoms with E-state index in [0.29, 0.717) is 0 Å². The van der Waals surface area contributed by atoms with Gasteiger partial charge >= 0.3 is 0 Å². The quantitative estimate of drug-likeness (QED) is 0.801. The Balaban J connectivity index is 2.70. The summed E-state index contributed by atoms with van der Waals surface area (Å²) >= 11 is 1.87. The lowest BCUT2D eigenvalue weighted by Gasteiger charge is -2.01. The summed E-state index contributed by atoms with van der Waals surface area (Å²) in [5.74, 6) is 0. The van der Waals surface area contributed by atoms with Crippen LogP contribution in [-0.4, -0.2) is 13.1 Å². The molecular weight excluding hydrogens is 190 g/mol. The molecule has 0 spiro atoms. The monoisotopic (exact) mass is 209 g/mol. The normalized spacial score (nSPS) is 12.1. The minimum Gasteiger partial charge on any atom is -0.313 e. The second-order valence-corrected chi connectivity index (χ2v) is 5.10.